The third-order valence-corrected chi connectivity index (χ3v) is 8.82. The van der Waals surface area contributed by atoms with Crippen LogP contribution in [0.1, 0.15) is 12.8 Å². The van der Waals surface area contributed by atoms with E-state index in [0.29, 0.717) is 18.4 Å². The van der Waals surface area contributed by atoms with E-state index in [1.165, 1.54) is 0 Å². The van der Waals surface area contributed by atoms with Crippen LogP contribution < -0.4 is 10.1 Å². The van der Waals surface area contributed by atoms with Gasteiger partial charge in [-0.3, -0.25) is 0 Å². The zero-order chi connectivity index (χ0) is 21.1. The Balaban J connectivity index is 1.71. The standard InChI is InChI=1S/C22H19Br4N3O/c23-16-3-1-14(9-18(16)25)21-22(15-2-4-17(24)19(26)10-15)29-20(11-28-21)30-12-13-5-7-27-8-6-13/h1-4,9-11,13,27H,5-8,12H2. The molecule has 156 valence electrons. The molecule has 4 rings (SSSR count). The minimum atomic E-state index is 0.556. The largest absolute Gasteiger partial charge is 0.476 e. The van der Waals surface area contributed by atoms with Gasteiger partial charge in [-0.05, 0) is 120 Å². The topological polar surface area (TPSA) is 47.0 Å². The van der Waals surface area contributed by atoms with Crippen LogP contribution in [-0.2, 0) is 0 Å². The number of benzene rings is 2. The van der Waals surface area contributed by atoms with Crippen molar-refractivity contribution < 1.29 is 4.74 Å². The van der Waals surface area contributed by atoms with Gasteiger partial charge in [0.1, 0.15) is 5.69 Å². The van der Waals surface area contributed by atoms with E-state index in [0.717, 1.165) is 66.3 Å². The first-order valence-electron chi connectivity index (χ1n) is 9.62. The Morgan fingerprint density at radius 2 is 1.43 bits per heavy atom. The third-order valence-electron chi connectivity index (χ3n) is 5.06. The summed E-state index contributed by atoms with van der Waals surface area (Å²) in [6, 6.07) is 12.2. The van der Waals surface area contributed by atoms with E-state index in [1.54, 1.807) is 6.20 Å². The number of piperidine rings is 1. The Bertz CT molecular complexity index is 1050. The van der Waals surface area contributed by atoms with Crippen LogP contribution in [0.4, 0.5) is 0 Å². The highest BCUT2D eigenvalue weighted by Crippen LogP contribution is 2.36. The Kier molecular flexibility index (Phi) is 7.62. The maximum absolute atomic E-state index is 6.06. The molecule has 0 amide bonds. The van der Waals surface area contributed by atoms with Crippen molar-refractivity contribution in [1.29, 1.82) is 0 Å². The van der Waals surface area contributed by atoms with Crippen LogP contribution in [0.5, 0.6) is 5.88 Å². The second kappa shape index (κ2) is 10.2. The van der Waals surface area contributed by atoms with E-state index in [4.69, 9.17) is 14.7 Å². The molecule has 0 bridgehead atoms. The van der Waals surface area contributed by atoms with E-state index < -0.39 is 0 Å². The molecule has 0 saturated carbocycles. The minimum Gasteiger partial charge on any atom is -0.476 e. The summed E-state index contributed by atoms with van der Waals surface area (Å²) in [6.45, 7) is 2.77. The average Bonchev–Trinajstić information content (AvgIpc) is 2.77. The molecule has 1 N–H and O–H groups in total. The van der Waals surface area contributed by atoms with Crippen LogP contribution in [0.25, 0.3) is 22.5 Å². The maximum atomic E-state index is 6.06. The van der Waals surface area contributed by atoms with Crippen LogP contribution in [0.15, 0.2) is 60.5 Å². The zero-order valence-electron chi connectivity index (χ0n) is 16.0. The fourth-order valence-corrected chi connectivity index (χ4v) is 4.64. The second-order valence-electron chi connectivity index (χ2n) is 7.17. The molecule has 4 nitrogen and oxygen atoms in total. The molecule has 0 radical (unpaired) electrons. The summed E-state index contributed by atoms with van der Waals surface area (Å²) in [5, 5.41) is 3.39. The molecule has 3 aromatic rings. The highest BCUT2D eigenvalue weighted by molar-refractivity contribution is 9.13. The number of halogens is 4. The van der Waals surface area contributed by atoms with Gasteiger partial charge >= 0.3 is 0 Å². The molecule has 8 heteroatoms. The van der Waals surface area contributed by atoms with E-state index in [2.05, 4.69) is 69.0 Å². The van der Waals surface area contributed by atoms with Crippen LogP contribution in [0.2, 0.25) is 0 Å². The second-order valence-corrected chi connectivity index (χ2v) is 10.6. The monoisotopic (exact) mass is 657 g/mol. The SMILES string of the molecule is Brc1ccc(-c2ncc(OCC3CCNCC3)nc2-c2ccc(Br)c(Br)c2)cc1Br. The van der Waals surface area contributed by atoms with Gasteiger partial charge in [0.15, 0.2) is 0 Å². The van der Waals surface area contributed by atoms with Gasteiger partial charge in [-0.15, -0.1) is 0 Å². The summed E-state index contributed by atoms with van der Waals surface area (Å²) in [5.41, 5.74) is 3.56. The van der Waals surface area contributed by atoms with Crippen LogP contribution in [-0.4, -0.2) is 29.7 Å². The molecule has 2 heterocycles. The normalized spacial score (nSPS) is 14.7. The average molecular weight is 661 g/mol. The number of nitrogens with zero attached hydrogens (tertiary/aromatic N) is 2. The molecular weight excluding hydrogens is 642 g/mol. The van der Waals surface area contributed by atoms with Crippen molar-refractivity contribution in [2.24, 2.45) is 5.92 Å². The summed E-state index contributed by atoms with van der Waals surface area (Å²) >= 11 is 14.3. The number of nitrogens with one attached hydrogen (secondary N) is 1. The summed E-state index contributed by atoms with van der Waals surface area (Å²) in [5.74, 6) is 1.11. The number of ether oxygens (including phenoxy) is 1. The highest BCUT2D eigenvalue weighted by Gasteiger charge is 2.17. The fourth-order valence-electron chi connectivity index (χ4n) is 3.39. The van der Waals surface area contributed by atoms with Crippen molar-refractivity contribution in [3.63, 3.8) is 0 Å². The number of aromatic nitrogens is 2. The molecule has 30 heavy (non-hydrogen) atoms. The van der Waals surface area contributed by atoms with Gasteiger partial charge in [0.25, 0.3) is 0 Å². The first kappa shape index (κ1) is 22.4. The van der Waals surface area contributed by atoms with Crippen molar-refractivity contribution in [1.82, 2.24) is 15.3 Å². The molecule has 1 aromatic heterocycles. The Hall–Kier alpha value is -0.800. The fraction of sp³-hybridized carbons (Fsp3) is 0.273. The zero-order valence-corrected chi connectivity index (χ0v) is 22.3. The summed E-state index contributed by atoms with van der Waals surface area (Å²) in [6.07, 6.45) is 3.99. The van der Waals surface area contributed by atoms with E-state index in [-0.39, 0.29) is 0 Å². The van der Waals surface area contributed by atoms with E-state index in [9.17, 15) is 0 Å². The minimum absolute atomic E-state index is 0.556. The lowest BCUT2D eigenvalue weighted by atomic mass is 9.99. The van der Waals surface area contributed by atoms with Crippen molar-refractivity contribution in [2.45, 2.75) is 12.8 Å². The molecular formula is C22H19Br4N3O. The smallest absolute Gasteiger partial charge is 0.232 e. The molecule has 0 spiro atoms. The van der Waals surface area contributed by atoms with Crippen LogP contribution in [0.3, 0.4) is 0 Å². The van der Waals surface area contributed by atoms with Crippen LogP contribution in [0, 0.1) is 5.92 Å². The van der Waals surface area contributed by atoms with E-state index in [1.807, 2.05) is 36.4 Å². The number of hydrogen-bond acceptors (Lipinski definition) is 4. The lowest BCUT2D eigenvalue weighted by molar-refractivity contribution is 0.208. The van der Waals surface area contributed by atoms with Gasteiger partial charge in [-0.25, -0.2) is 9.97 Å². The Morgan fingerprint density at radius 1 is 0.833 bits per heavy atom. The van der Waals surface area contributed by atoms with Gasteiger partial charge < -0.3 is 10.1 Å². The molecule has 1 aliphatic heterocycles. The first-order valence-corrected chi connectivity index (χ1v) is 12.8. The van der Waals surface area contributed by atoms with Crippen molar-refractivity contribution in [3.8, 4) is 28.4 Å². The first-order chi connectivity index (χ1) is 14.5. The van der Waals surface area contributed by atoms with Crippen LogP contribution >= 0.6 is 63.7 Å². The van der Waals surface area contributed by atoms with E-state index >= 15 is 0 Å². The van der Waals surface area contributed by atoms with Gasteiger partial charge in [0, 0.05) is 29.0 Å². The third kappa shape index (κ3) is 5.33. The number of hydrogen-bond donors (Lipinski definition) is 1. The maximum Gasteiger partial charge on any atom is 0.232 e. The van der Waals surface area contributed by atoms with Gasteiger partial charge in [-0.2, -0.15) is 0 Å². The van der Waals surface area contributed by atoms with Gasteiger partial charge in [-0.1, -0.05) is 12.1 Å². The molecule has 1 fully saturated rings. The van der Waals surface area contributed by atoms with Gasteiger partial charge in [0.2, 0.25) is 5.88 Å². The number of rotatable bonds is 5. The van der Waals surface area contributed by atoms with Crippen molar-refractivity contribution in [2.75, 3.05) is 19.7 Å². The van der Waals surface area contributed by atoms with Gasteiger partial charge in [0.05, 0.1) is 18.5 Å². The Labute approximate surface area is 209 Å². The molecule has 0 atom stereocenters. The predicted octanol–water partition coefficient (Wildman–Crippen LogP) is 7.24. The molecule has 1 saturated heterocycles. The molecule has 0 unspecified atom stereocenters. The van der Waals surface area contributed by atoms with Crippen molar-refractivity contribution in [3.05, 3.63) is 60.5 Å². The molecule has 0 aliphatic carbocycles. The highest BCUT2D eigenvalue weighted by atomic mass is 79.9. The summed E-state index contributed by atoms with van der Waals surface area (Å²) in [4.78, 5) is 9.61. The Morgan fingerprint density at radius 3 is 2.03 bits per heavy atom. The summed E-state index contributed by atoms with van der Waals surface area (Å²) < 4.78 is 9.97. The molecule has 1 aliphatic rings. The predicted molar refractivity (Wildman–Crippen MR) is 135 cm³/mol. The molecule has 2 aromatic carbocycles. The lowest BCUT2D eigenvalue weighted by Crippen LogP contribution is -2.30. The summed E-state index contributed by atoms with van der Waals surface area (Å²) in [7, 11) is 0. The van der Waals surface area contributed by atoms with Crippen molar-refractivity contribution >= 4 is 63.7 Å². The lowest BCUT2D eigenvalue weighted by Gasteiger charge is -2.22. The quantitative estimate of drug-likeness (QED) is 0.314.